The second kappa shape index (κ2) is 6.34. The molecule has 1 fully saturated rings. The number of aliphatic hydroxyl groups excluding tert-OH is 1. The number of hydrogen-bond donors (Lipinski definition) is 1. The van der Waals surface area contributed by atoms with Gasteiger partial charge in [0.05, 0.1) is 5.02 Å². The van der Waals surface area contributed by atoms with E-state index in [1.165, 1.54) is 12.8 Å². The highest BCUT2D eigenvalue weighted by Crippen LogP contribution is 2.29. The van der Waals surface area contributed by atoms with Crippen molar-refractivity contribution in [3.05, 3.63) is 29.0 Å². The van der Waals surface area contributed by atoms with Crippen molar-refractivity contribution in [1.29, 1.82) is 0 Å². The van der Waals surface area contributed by atoms with Crippen LogP contribution in [-0.2, 0) is 6.54 Å². The van der Waals surface area contributed by atoms with Crippen molar-refractivity contribution in [3.8, 4) is 0 Å². The molecule has 1 aromatic heterocycles. The molecule has 17 heavy (non-hydrogen) atoms. The first-order valence-electron chi connectivity index (χ1n) is 6.24. The Balaban J connectivity index is 1.91. The Morgan fingerprint density at radius 2 is 2.24 bits per heavy atom. The molecule has 0 aliphatic heterocycles. The third-order valence-electron chi connectivity index (χ3n) is 3.15. The zero-order valence-electron chi connectivity index (χ0n) is 9.98. The van der Waals surface area contributed by atoms with Crippen molar-refractivity contribution in [3.63, 3.8) is 0 Å². The van der Waals surface area contributed by atoms with Gasteiger partial charge < -0.3 is 5.11 Å². The molecule has 1 aromatic rings. The van der Waals surface area contributed by atoms with Crippen LogP contribution in [0.4, 0.5) is 0 Å². The number of rotatable bonds is 7. The standard InChI is InChI=1S/C13H19ClN2O/c14-13-9-15-6-5-11(13)10-16(12-3-4-12)7-1-2-8-17/h5-6,9,12,17H,1-4,7-8,10H2. The monoisotopic (exact) mass is 254 g/mol. The van der Waals surface area contributed by atoms with E-state index >= 15 is 0 Å². The summed E-state index contributed by atoms with van der Waals surface area (Å²) in [6.07, 6.45) is 8.02. The molecule has 1 aliphatic rings. The normalized spacial score (nSPS) is 15.5. The minimum absolute atomic E-state index is 0.286. The van der Waals surface area contributed by atoms with Crippen LogP contribution in [0.25, 0.3) is 0 Å². The molecule has 0 amide bonds. The lowest BCUT2D eigenvalue weighted by Gasteiger charge is -2.22. The van der Waals surface area contributed by atoms with Crippen molar-refractivity contribution in [2.24, 2.45) is 0 Å². The molecule has 3 nitrogen and oxygen atoms in total. The topological polar surface area (TPSA) is 36.4 Å². The summed E-state index contributed by atoms with van der Waals surface area (Å²) in [5.41, 5.74) is 1.15. The molecule has 0 saturated heterocycles. The van der Waals surface area contributed by atoms with Gasteiger partial charge in [0.1, 0.15) is 0 Å². The number of halogens is 1. The van der Waals surface area contributed by atoms with Gasteiger partial charge in [-0.3, -0.25) is 9.88 Å². The molecule has 94 valence electrons. The van der Waals surface area contributed by atoms with Crippen molar-refractivity contribution < 1.29 is 5.11 Å². The van der Waals surface area contributed by atoms with E-state index in [0.717, 1.165) is 42.6 Å². The molecule has 1 N–H and O–H groups in total. The molecule has 1 saturated carbocycles. The summed E-state index contributed by atoms with van der Waals surface area (Å²) in [5.74, 6) is 0. The molecule has 2 rings (SSSR count). The SMILES string of the molecule is OCCCCN(Cc1ccncc1Cl)C1CC1. The Morgan fingerprint density at radius 1 is 1.41 bits per heavy atom. The fraction of sp³-hybridized carbons (Fsp3) is 0.615. The van der Waals surface area contributed by atoms with Crippen LogP contribution in [0.3, 0.4) is 0 Å². The van der Waals surface area contributed by atoms with Gasteiger partial charge in [-0.05, 0) is 43.9 Å². The third kappa shape index (κ3) is 3.95. The number of pyridine rings is 1. The van der Waals surface area contributed by atoms with Crippen LogP contribution in [0.15, 0.2) is 18.5 Å². The van der Waals surface area contributed by atoms with Gasteiger partial charge >= 0.3 is 0 Å². The number of unbranched alkanes of at least 4 members (excludes halogenated alkanes) is 1. The predicted octanol–water partition coefficient (Wildman–Crippen LogP) is 2.47. The van der Waals surface area contributed by atoms with Gasteiger partial charge in [0.2, 0.25) is 0 Å². The van der Waals surface area contributed by atoms with Crippen LogP contribution in [0, 0.1) is 0 Å². The molecule has 1 aliphatic carbocycles. The van der Waals surface area contributed by atoms with E-state index in [0.29, 0.717) is 0 Å². The number of nitrogens with zero attached hydrogens (tertiary/aromatic N) is 2. The van der Waals surface area contributed by atoms with Crippen LogP contribution >= 0.6 is 11.6 Å². The van der Waals surface area contributed by atoms with Crippen LogP contribution in [0.1, 0.15) is 31.2 Å². The Bertz CT molecular complexity index is 355. The fourth-order valence-electron chi connectivity index (χ4n) is 2.01. The molecule has 0 aromatic carbocycles. The van der Waals surface area contributed by atoms with Gasteiger partial charge in [0, 0.05) is 31.6 Å². The zero-order chi connectivity index (χ0) is 12.1. The second-order valence-electron chi connectivity index (χ2n) is 4.60. The average Bonchev–Trinajstić information content (AvgIpc) is 3.15. The first-order valence-corrected chi connectivity index (χ1v) is 6.62. The minimum Gasteiger partial charge on any atom is -0.396 e. The Morgan fingerprint density at radius 3 is 2.88 bits per heavy atom. The van der Waals surface area contributed by atoms with Crippen molar-refractivity contribution in [1.82, 2.24) is 9.88 Å². The fourth-order valence-corrected chi connectivity index (χ4v) is 2.19. The molecular weight excluding hydrogens is 236 g/mol. The molecule has 0 radical (unpaired) electrons. The summed E-state index contributed by atoms with van der Waals surface area (Å²) in [6.45, 7) is 2.23. The van der Waals surface area contributed by atoms with E-state index in [-0.39, 0.29) is 6.61 Å². The van der Waals surface area contributed by atoms with Crippen molar-refractivity contribution in [2.75, 3.05) is 13.2 Å². The summed E-state index contributed by atoms with van der Waals surface area (Å²) in [7, 11) is 0. The highest BCUT2D eigenvalue weighted by Gasteiger charge is 2.28. The first-order chi connectivity index (χ1) is 8.31. The van der Waals surface area contributed by atoms with Crippen LogP contribution < -0.4 is 0 Å². The van der Waals surface area contributed by atoms with Gasteiger partial charge in [0.25, 0.3) is 0 Å². The Hall–Kier alpha value is -0.640. The molecular formula is C13H19ClN2O. The zero-order valence-corrected chi connectivity index (χ0v) is 10.7. The maximum atomic E-state index is 8.82. The van der Waals surface area contributed by atoms with Crippen LogP contribution in [0.2, 0.25) is 5.02 Å². The van der Waals surface area contributed by atoms with E-state index < -0.39 is 0 Å². The molecule has 0 spiro atoms. The smallest absolute Gasteiger partial charge is 0.0634 e. The van der Waals surface area contributed by atoms with E-state index in [4.69, 9.17) is 16.7 Å². The summed E-state index contributed by atoms with van der Waals surface area (Å²) in [6, 6.07) is 2.71. The molecule has 1 heterocycles. The minimum atomic E-state index is 0.286. The third-order valence-corrected chi connectivity index (χ3v) is 3.49. The Labute approximate surface area is 107 Å². The summed E-state index contributed by atoms with van der Waals surface area (Å²) in [5, 5.41) is 9.57. The van der Waals surface area contributed by atoms with E-state index in [1.54, 1.807) is 12.4 Å². The van der Waals surface area contributed by atoms with E-state index in [1.807, 2.05) is 6.07 Å². The summed E-state index contributed by atoms with van der Waals surface area (Å²) < 4.78 is 0. The van der Waals surface area contributed by atoms with Gasteiger partial charge in [-0.15, -0.1) is 0 Å². The van der Waals surface area contributed by atoms with Gasteiger partial charge in [-0.25, -0.2) is 0 Å². The summed E-state index contributed by atoms with van der Waals surface area (Å²) >= 11 is 6.13. The molecule has 0 bridgehead atoms. The number of aliphatic hydroxyl groups is 1. The molecule has 0 unspecified atom stereocenters. The van der Waals surface area contributed by atoms with Gasteiger partial charge in [0.15, 0.2) is 0 Å². The quantitative estimate of drug-likeness (QED) is 0.760. The number of hydrogen-bond acceptors (Lipinski definition) is 3. The van der Waals surface area contributed by atoms with Crippen LogP contribution in [-0.4, -0.2) is 34.2 Å². The lowest BCUT2D eigenvalue weighted by molar-refractivity contribution is 0.229. The maximum absolute atomic E-state index is 8.82. The average molecular weight is 255 g/mol. The largest absolute Gasteiger partial charge is 0.396 e. The van der Waals surface area contributed by atoms with Crippen molar-refractivity contribution in [2.45, 2.75) is 38.3 Å². The molecule has 4 heteroatoms. The second-order valence-corrected chi connectivity index (χ2v) is 5.01. The highest BCUT2D eigenvalue weighted by molar-refractivity contribution is 6.31. The first kappa shape index (κ1) is 12.8. The molecule has 0 atom stereocenters. The van der Waals surface area contributed by atoms with E-state index in [2.05, 4.69) is 9.88 Å². The van der Waals surface area contributed by atoms with E-state index in [9.17, 15) is 0 Å². The lowest BCUT2D eigenvalue weighted by atomic mass is 10.2. The highest BCUT2D eigenvalue weighted by atomic mass is 35.5. The Kier molecular flexibility index (Phi) is 4.77. The predicted molar refractivity (Wildman–Crippen MR) is 69.0 cm³/mol. The maximum Gasteiger partial charge on any atom is 0.0634 e. The van der Waals surface area contributed by atoms with Gasteiger partial charge in [-0.1, -0.05) is 11.6 Å². The summed E-state index contributed by atoms with van der Waals surface area (Å²) in [4.78, 5) is 6.47. The lowest BCUT2D eigenvalue weighted by Crippen LogP contribution is -2.27. The van der Waals surface area contributed by atoms with Gasteiger partial charge in [-0.2, -0.15) is 0 Å². The number of aromatic nitrogens is 1. The van der Waals surface area contributed by atoms with Crippen LogP contribution in [0.5, 0.6) is 0 Å². The van der Waals surface area contributed by atoms with Crippen molar-refractivity contribution >= 4 is 11.6 Å².